The summed E-state index contributed by atoms with van der Waals surface area (Å²) < 4.78 is 0. The van der Waals surface area contributed by atoms with Crippen LogP contribution < -0.4 is 10.6 Å². The lowest BCUT2D eigenvalue weighted by Gasteiger charge is -2.06. The molecule has 0 saturated heterocycles. The SMILES string of the molecule is C=C(CCNCc1ccccc1)NC. The number of benzene rings is 1. The molecule has 1 aromatic carbocycles. The van der Waals surface area contributed by atoms with Crippen LogP contribution in [0.2, 0.25) is 0 Å². The van der Waals surface area contributed by atoms with Crippen molar-refractivity contribution in [3.8, 4) is 0 Å². The summed E-state index contributed by atoms with van der Waals surface area (Å²) in [7, 11) is 1.90. The van der Waals surface area contributed by atoms with Gasteiger partial charge in [0.2, 0.25) is 0 Å². The van der Waals surface area contributed by atoms with Crippen molar-refractivity contribution in [3.63, 3.8) is 0 Å². The first kappa shape index (κ1) is 10.8. The van der Waals surface area contributed by atoms with Gasteiger partial charge in [-0.05, 0) is 12.0 Å². The third-order valence-corrected chi connectivity index (χ3v) is 2.13. The molecular weight excluding hydrogens is 172 g/mol. The van der Waals surface area contributed by atoms with Crippen molar-refractivity contribution in [1.29, 1.82) is 0 Å². The minimum Gasteiger partial charge on any atom is -0.392 e. The summed E-state index contributed by atoms with van der Waals surface area (Å²) in [6, 6.07) is 10.4. The zero-order chi connectivity index (χ0) is 10.2. The minimum absolute atomic E-state index is 0.928. The zero-order valence-corrected chi connectivity index (χ0v) is 8.72. The van der Waals surface area contributed by atoms with Crippen LogP contribution in [-0.2, 0) is 6.54 Å². The summed E-state index contributed by atoms with van der Waals surface area (Å²) in [6.45, 7) is 5.76. The number of hydrogen-bond donors (Lipinski definition) is 2. The molecule has 2 nitrogen and oxygen atoms in total. The van der Waals surface area contributed by atoms with Crippen molar-refractivity contribution in [3.05, 3.63) is 48.2 Å². The number of nitrogens with one attached hydrogen (secondary N) is 2. The molecule has 0 amide bonds. The van der Waals surface area contributed by atoms with E-state index >= 15 is 0 Å². The predicted molar refractivity (Wildman–Crippen MR) is 61.0 cm³/mol. The van der Waals surface area contributed by atoms with Crippen LogP contribution in [0.3, 0.4) is 0 Å². The molecule has 0 heterocycles. The van der Waals surface area contributed by atoms with E-state index in [-0.39, 0.29) is 0 Å². The van der Waals surface area contributed by atoms with E-state index in [2.05, 4.69) is 41.5 Å². The monoisotopic (exact) mass is 190 g/mol. The van der Waals surface area contributed by atoms with E-state index in [1.54, 1.807) is 0 Å². The van der Waals surface area contributed by atoms with Crippen LogP contribution in [-0.4, -0.2) is 13.6 Å². The largest absolute Gasteiger partial charge is 0.392 e. The molecule has 2 heteroatoms. The Hall–Kier alpha value is -1.28. The molecule has 0 fully saturated rings. The molecule has 0 aliphatic rings. The van der Waals surface area contributed by atoms with Gasteiger partial charge in [-0.3, -0.25) is 0 Å². The summed E-state index contributed by atoms with van der Waals surface area (Å²) in [5.74, 6) is 0. The second-order valence-corrected chi connectivity index (χ2v) is 3.27. The second kappa shape index (κ2) is 6.22. The van der Waals surface area contributed by atoms with Crippen LogP contribution in [0.5, 0.6) is 0 Å². The summed E-state index contributed by atoms with van der Waals surface area (Å²) in [6.07, 6.45) is 0.976. The highest BCUT2D eigenvalue weighted by Crippen LogP contribution is 1.97. The molecule has 14 heavy (non-hydrogen) atoms. The Balaban J connectivity index is 2.13. The highest BCUT2D eigenvalue weighted by molar-refractivity contribution is 5.14. The fourth-order valence-electron chi connectivity index (χ4n) is 1.19. The van der Waals surface area contributed by atoms with E-state index < -0.39 is 0 Å². The third kappa shape index (κ3) is 4.10. The maximum Gasteiger partial charge on any atom is 0.0205 e. The lowest BCUT2D eigenvalue weighted by molar-refractivity contribution is 0.669. The van der Waals surface area contributed by atoms with Crippen LogP contribution >= 0.6 is 0 Å². The van der Waals surface area contributed by atoms with Gasteiger partial charge >= 0.3 is 0 Å². The maximum absolute atomic E-state index is 3.87. The van der Waals surface area contributed by atoms with Gasteiger partial charge in [0.25, 0.3) is 0 Å². The third-order valence-electron chi connectivity index (χ3n) is 2.13. The molecule has 0 aliphatic heterocycles. The first-order valence-electron chi connectivity index (χ1n) is 4.93. The van der Waals surface area contributed by atoms with Crippen molar-refractivity contribution in [2.24, 2.45) is 0 Å². The molecule has 0 unspecified atom stereocenters. The number of rotatable bonds is 6. The first-order valence-corrected chi connectivity index (χ1v) is 4.93. The Morgan fingerprint density at radius 2 is 2.00 bits per heavy atom. The van der Waals surface area contributed by atoms with Gasteiger partial charge in [-0.15, -0.1) is 0 Å². The summed E-state index contributed by atoms with van der Waals surface area (Å²) in [5, 5.41) is 6.40. The molecule has 0 spiro atoms. The van der Waals surface area contributed by atoms with Crippen LogP contribution in [0, 0.1) is 0 Å². The molecule has 0 radical (unpaired) electrons. The van der Waals surface area contributed by atoms with E-state index in [1.807, 2.05) is 13.1 Å². The van der Waals surface area contributed by atoms with E-state index in [0.717, 1.165) is 25.2 Å². The summed E-state index contributed by atoms with van der Waals surface area (Å²) in [4.78, 5) is 0. The van der Waals surface area contributed by atoms with Crippen molar-refractivity contribution in [2.75, 3.05) is 13.6 Å². The van der Waals surface area contributed by atoms with Crippen molar-refractivity contribution in [2.45, 2.75) is 13.0 Å². The fraction of sp³-hybridized carbons (Fsp3) is 0.333. The molecule has 76 valence electrons. The maximum atomic E-state index is 3.87. The standard InChI is InChI=1S/C12H18N2/c1-11(13-2)8-9-14-10-12-6-4-3-5-7-12/h3-7,13-14H,1,8-10H2,2H3. The molecular formula is C12H18N2. The average Bonchev–Trinajstić information content (AvgIpc) is 2.25. The Morgan fingerprint density at radius 3 is 2.64 bits per heavy atom. The highest BCUT2D eigenvalue weighted by atomic mass is 14.9. The van der Waals surface area contributed by atoms with Crippen LogP contribution in [0.4, 0.5) is 0 Å². The minimum atomic E-state index is 0.928. The molecule has 1 aromatic rings. The lowest BCUT2D eigenvalue weighted by Crippen LogP contribution is -2.17. The molecule has 0 saturated carbocycles. The molecule has 0 aliphatic carbocycles. The van der Waals surface area contributed by atoms with Gasteiger partial charge in [-0.2, -0.15) is 0 Å². The smallest absolute Gasteiger partial charge is 0.0205 e. The second-order valence-electron chi connectivity index (χ2n) is 3.27. The Morgan fingerprint density at radius 1 is 1.29 bits per heavy atom. The van der Waals surface area contributed by atoms with Gasteiger partial charge in [0.05, 0.1) is 0 Å². The van der Waals surface area contributed by atoms with E-state index in [9.17, 15) is 0 Å². The molecule has 1 rings (SSSR count). The van der Waals surface area contributed by atoms with Crippen molar-refractivity contribution in [1.82, 2.24) is 10.6 Å². The van der Waals surface area contributed by atoms with E-state index in [4.69, 9.17) is 0 Å². The first-order chi connectivity index (χ1) is 6.83. The van der Waals surface area contributed by atoms with Gasteiger partial charge in [-0.25, -0.2) is 0 Å². The highest BCUT2D eigenvalue weighted by Gasteiger charge is 1.92. The van der Waals surface area contributed by atoms with E-state index in [1.165, 1.54) is 5.56 Å². The van der Waals surface area contributed by atoms with Crippen molar-refractivity contribution >= 4 is 0 Å². The van der Waals surface area contributed by atoms with Crippen LogP contribution in [0.15, 0.2) is 42.6 Å². The lowest BCUT2D eigenvalue weighted by atomic mass is 10.2. The topological polar surface area (TPSA) is 24.1 Å². The Bertz CT molecular complexity index is 267. The van der Waals surface area contributed by atoms with Gasteiger partial charge in [0, 0.05) is 25.8 Å². The van der Waals surface area contributed by atoms with Gasteiger partial charge in [0.1, 0.15) is 0 Å². The molecule has 2 N–H and O–H groups in total. The van der Waals surface area contributed by atoms with E-state index in [0.29, 0.717) is 0 Å². The molecule has 0 atom stereocenters. The zero-order valence-electron chi connectivity index (χ0n) is 8.72. The quantitative estimate of drug-likeness (QED) is 0.669. The van der Waals surface area contributed by atoms with Crippen LogP contribution in [0.25, 0.3) is 0 Å². The molecule has 0 aromatic heterocycles. The van der Waals surface area contributed by atoms with Gasteiger partial charge in [0.15, 0.2) is 0 Å². The molecule has 0 bridgehead atoms. The summed E-state index contributed by atoms with van der Waals surface area (Å²) >= 11 is 0. The number of hydrogen-bond acceptors (Lipinski definition) is 2. The van der Waals surface area contributed by atoms with Crippen LogP contribution in [0.1, 0.15) is 12.0 Å². The normalized spacial score (nSPS) is 9.79. The average molecular weight is 190 g/mol. The Labute approximate surface area is 86.0 Å². The van der Waals surface area contributed by atoms with Crippen molar-refractivity contribution < 1.29 is 0 Å². The van der Waals surface area contributed by atoms with Gasteiger partial charge < -0.3 is 10.6 Å². The Kier molecular flexibility index (Phi) is 4.79. The predicted octanol–water partition coefficient (Wildman–Crippen LogP) is 1.90. The fourth-order valence-corrected chi connectivity index (χ4v) is 1.19. The summed E-state index contributed by atoms with van der Waals surface area (Å²) in [5.41, 5.74) is 2.40. The van der Waals surface area contributed by atoms with Gasteiger partial charge in [-0.1, -0.05) is 36.9 Å².